The van der Waals surface area contributed by atoms with Crippen molar-refractivity contribution in [3.8, 4) is 0 Å². The fourth-order valence-electron chi connectivity index (χ4n) is 1.12. The quantitative estimate of drug-likeness (QED) is 0.761. The lowest BCUT2D eigenvalue weighted by Gasteiger charge is -2.17. The highest BCUT2D eigenvalue weighted by Crippen LogP contribution is 2.06. The van der Waals surface area contributed by atoms with E-state index in [0.717, 1.165) is 12.0 Å². The molecule has 0 N–H and O–H groups in total. The standard InChI is InChI=1S/C10H12Cl2N2O/c1-14(10(15)9(11)12)7-4-8-2-5-13-6-3-8/h2-3,5-6,9H,4,7H2,1H3. The number of pyridine rings is 1. The van der Waals surface area contributed by atoms with Crippen molar-refractivity contribution in [3.63, 3.8) is 0 Å². The Morgan fingerprint density at radius 3 is 2.60 bits per heavy atom. The summed E-state index contributed by atoms with van der Waals surface area (Å²) < 4.78 is 0. The Balaban J connectivity index is 2.41. The minimum atomic E-state index is -0.979. The smallest absolute Gasteiger partial charge is 0.255 e. The normalized spacial score (nSPS) is 10.4. The Morgan fingerprint density at radius 1 is 1.47 bits per heavy atom. The molecule has 0 aliphatic carbocycles. The summed E-state index contributed by atoms with van der Waals surface area (Å²) in [5.41, 5.74) is 1.13. The van der Waals surface area contributed by atoms with Gasteiger partial charge >= 0.3 is 0 Å². The Labute approximate surface area is 99.0 Å². The number of nitrogens with zero attached hydrogens (tertiary/aromatic N) is 2. The zero-order valence-corrected chi connectivity index (χ0v) is 9.87. The average molecular weight is 247 g/mol. The molecule has 0 saturated carbocycles. The zero-order valence-electron chi connectivity index (χ0n) is 8.36. The number of hydrogen-bond donors (Lipinski definition) is 0. The summed E-state index contributed by atoms with van der Waals surface area (Å²) in [6.45, 7) is 0.596. The van der Waals surface area contributed by atoms with Gasteiger partial charge in [0.1, 0.15) is 0 Å². The van der Waals surface area contributed by atoms with E-state index < -0.39 is 4.84 Å². The molecule has 1 aromatic rings. The molecule has 1 amide bonds. The Bertz CT molecular complexity index is 316. The number of rotatable bonds is 4. The van der Waals surface area contributed by atoms with Gasteiger partial charge in [0.25, 0.3) is 5.91 Å². The van der Waals surface area contributed by atoms with Crippen LogP contribution in [0.15, 0.2) is 24.5 Å². The average Bonchev–Trinajstić information content (AvgIpc) is 2.26. The van der Waals surface area contributed by atoms with E-state index in [1.807, 2.05) is 12.1 Å². The maximum absolute atomic E-state index is 11.3. The molecule has 82 valence electrons. The summed E-state index contributed by atoms with van der Waals surface area (Å²) in [5, 5.41) is 0. The van der Waals surface area contributed by atoms with E-state index in [9.17, 15) is 4.79 Å². The third-order valence-electron chi connectivity index (χ3n) is 2.05. The lowest BCUT2D eigenvalue weighted by Crippen LogP contribution is -2.32. The molecule has 15 heavy (non-hydrogen) atoms. The minimum absolute atomic E-state index is 0.271. The second-order valence-corrected chi connectivity index (χ2v) is 4.26. The molecule has 1 rings (SSSR count). The van der Waals surface area contributed by atoms with Crippen molar-refractivity contribution in [1.82, 2.24) is 9.88 Å². The first kappa shape index (κ1) is 12.3. The van der Waals surface area contributed by atoms with Gasteiger partial charge in [0.2, 0.25) is 0 Å². The second-order valence-electron chi connectivity index (χ2n) is 3.17. The van der Waals surface area contributed by atoms with Gasteiger partial charge in [-0.25, -0.2) is 0 Å². The molecule has 5 heteroatoms. The molecule has 0 aliphatic rings. The van der Waals surface area contributed by atoms with Crippen LogP contribution in [0.1, 0.15) is 5.56 Å². The van der Waals surface area contributed by atoms with Crippen molar-refractivity contribution in [2.75, 3.05) is 13.6 Å². The number of carbonyl (C=O) groups excluding carboxylic acids is 1. The number of halogens is 2. The monoisotopic (exact) mass is 246 g/mol. The van der Waals surface area contributed by atoms with Gasteiger partial charge < -0.3 is 4.90 Å². The van der Waals surface area contributed by atoms with E-state index in [1.54, 1.807) is 19.4 Å². The van der Waals surface area contributed by atoms with Gasteiger partial charge in [0, 0.05) is 26.0 Å². The predicted octanol–water partition coefficient (Wildman–Crippen LogP) is 1.89. The maximum atomic E-state index is 11.3. The van der Waals surface area contributed by atoms with Crippen LogP contribution in [0.5, 0.6) is 0 Å². The van der Waals surface area contributed by atoms with E-state index in [2.05, 4.69) is 4.98 Å². The number of aromatic nitrogens is 1. The van der Waals surface area contributed by atoms with Gasteiger partial charge in [0.05, 0.1) is 0 Å². The van der Waals surface area contributed by atoms with Crippen LogP contribution < -0.4 is 0 Å². The number of amides is 1. The topological polar surface area (TPSA) is 33.2 Å². The molecule has 0 fully saturated rings. The van der Waals surface area contributed by atoms with Crippen molar-refractivity contribution in [3.05, 3.63) is 30.1 Å². The highest BCUT2D eigenvalue weighted by Gasteiger charge is 2.15. The highest BCUT2D eigenvalue weighted by atomic mass is 35.5. The lowest BCUT2D eigenvalue weighted by molar-refractivity contribution is -0.128. The van der Waals surface area contributed by atoms with E-state index >= 15 is 0 Å². The largest absolute Gasteiger partial charge is 0.343 e. The van der Waals surface area contributed by atoms with E-state index in [-0.39, 0.29) is 5.91 Å². The van der Waals surface area contributed by atoms with Crippen LogP contribution in [0.4, 0.5) is 0 Å². The van der Waals surface area contributed by atoms with Gasteiger partial charge in [-0.15, -0.1) is 0 Å². The minimum Gasteiger partial charge on any atom is -0.343 e. The molecule has 0 unspecified atom stereocenters. The van der Waals surface area contributed by atoms with Crippen LogP contribution in [0.2, 0.25) is 0 Å². The van der Waals surface area contributed by atoms with Gasteiger partial charge in [0.15, 0.2) is 4.84 Å². The zero-order chi connectivity index (χ0) is 11.3. The summed E-state index contributed by atoms with van der Waals surface area (Å²) >= 11 is 10.9. The molecule has 0 aliphatic heterocycles. The highest BCUT2D eigenvalue weighted by molar-refractivity contribution is 6.53. The Kier molecular flexibility index (Phi) is 4.85. The van der Waals surface area contributed by atoms with Crippen LogP contribution in [0, 0.1) is 0 Å². The first-order valence-electron chi connectivity index (χ1n) is 4.53. The van der Waals surface area contributed by atoms with E-state index in [0.29, 0.717) is 6.54 Å². The Hall–Kier alpha value is -0.800. The molecule has 0 spiro atoms. The fourth-order valence-corrected chi connectivity index (χ4v) is 1.46. The van der Waals surface area contributed by atoms with Crippen LogP contribution in [0.25, 0.3) is 0 Å². The number of likely N-dealkylation sites (N-methyl/N-ethyl adjacent to an activating group) is 1. The van der Waals surface area contributed by atoms with Gasteiger partial charge in [-0.3, -0.25) is 9.78 Å². The first-order chi connectivity index (χ1) is 7.11. The predicted molar refractivity (Wildman–Crippen MR) is 61.1 cm³/mol. The van der Waals surface area contributed by atoms with Gasteiger partial charge in [-0.2, -0.15) is 0 Å². The molecule has 0 saturated heterocycles. The van der Waals surface area contributed by atoms with Crippen LogP contribution in [0.3, 0.4) is 0 Å². The molecule has 0 radical (unpaired) electrons. The molecule has 1 heterocycles. The molecular weight excluding hydrogens is 235 g/mol. The molecule has 0 atom stereocenters. The number of alkyl halides is 2. The van der Waals surface area contributed by atoms with E-state index in [1.165, 1.54) is 4.90 Å². The van der Waals surface area contributed by atoms with Crippen LogP contribution in [-0.2, 0) is 11.2 Å². The summed E-state index contributed by atoms with van der Waals surface area (Å²) in [7, 11) is 1.68. The number of carbonyl (C=O) groups is 1. The summed E-state index contributed by atoms with van der Waals surface area (Å²) in [6, 6.07) is 3.83. The van der Waals surface area contributed by atoms with Gasteiger partial charge in [-0.1, -0.05) is 23.2 Å². The van der Waals surface area contributed by atoms with Crippen LogP contribution >= 0.6 is 23.2 Å². The lowest BCUT2D eigenvalue weighted by atomic mass is 10.2. The maximum Gasteiger partial charge on any atom is 0.255 e. The van der Waals surface area contributed by atoms with Crippen molar-refractivity contribution in [2.45, 2.75) is 11.3 Å². The van der Waals surface area contributed by atoms with Crippen molar-refractivity contribution < 1.29 is 4.79 Å². The molecule has 3 nitrogen and oxygen atoms in total. The fraction of sp³-hybridized carbons (Fsp3) is 0.400. The Morgan fingerprint density at radius 2 is 2.07 bits per heavy atom. The molecule has 0 aromatic carbocycles. The van der Waals surface area contributed by atoms with Crippen molar-refractivity contribution >= 4 is 29.1 Å². The van der Waals surface area contributed by atoms with E-state index in [4.69, 9.17) is 23.2 Å². The molecule has 1 aromatic heterocycles. The summed E-state index contributed by atoms with van der Waals surface area (Å²) in [4.78, 5) is 15.8. The first-order valence-corrected chi connectivity index (χ1v) is 5.40. The summed E-state index contributed by atoms with van der Waals surface area (Å²) in [5.74, 6) is -0.271. The third-order valence-corrected chi connectivity index (χ3v) is 2.42. The summed E-state index contributed by atoms with van der Waals surface area (Å²) in [6.07, 6.45) is 4.22. The SMILES string of the molecule is CN(CCc1ccncc1)C(=O)C(Cl)Cl. The van der Waals surface area contributed by atoms with Crippen molar-refractivity contribution in [2.24, 2.45) is 0 Å². The van der Waals surface area contributed by atoms with Gasteiger partial charge in [-0.05, 0) is 24.1 Å². The van der Waals surface area contributed by atoms with Crippen molar-refractivity contribution in [1.29, 1.82) is 0 Å². The number of hydrogen-bond acceptors (Lipinski definition) is 2. The van der Waals surface area contributed by atoms with Crippen LogP contribution in [-0.4, -0.2) is 34.2 Å². The molecular formula is C10H12Cl2N2O. The third kappa shape index (κ3) is 4.06. The molecule has 0 bridgehead atoms. The second kappa shape index (κ2) is 5.93.